The number of H-pyrrole nitrogens is 1. The van der Waals surface area contributed by atoms with Gasteiger partial charge in [-0.2, -0.15) is 5.10 Å². The highest BCUT2D eigenvalue weighted by molar-refractivity contribution is 7.71. The molecule has 6 heteroatoms. The van der Waals surface area contributed by atoms with Crippen molar-refractivity contribution in [2.45, 2.75) is 13.5 Å². The summed E-state index contributed by atoms with van der Waals surface area (Å²) in [4.78, 5) is 0. The number of hydrogen-bond donors (Lipinski definition) is 1. The zero-order valence-electron chi connectivity index (χ0n) is 9.97. The Morgan fingerprint density at radius 3 is 3.06 bits per heavy atom. The maximum Gasteiger partial charge on any atom is 0.195 e. The van der Waals surface area contributed by atoms with E-state index in [-0.39, 0.29) is 0 Å². The minimum Gasteiger partial charge on any atom is -0.486 e. The Hall–Kier alpha value is -1.82. The van der Waals surface area contributed by atoms with E-state index in [1.165, 1.54) is 0 Å². The number of nitrogens with one attached hydrogen (secondary N) is 1. The van der Waals surface area contributed by atoms with Gasteiger partial charge in [-0.05, 0) is 31.3 Å². The van der Waals surface area contributed by atoms with Crippen molar-refractivity contribution < 1.29 is 9.47 Å². The van der Waals surface area contributed by atoms with Gasteiger partial charge in [0.25, 0.3) is 0 Å². The molecule has 1 N–H and O–H groups in total. The van der Waals surface area contributed by atoms with Crippen LogP contribution in [-0.4, -0.2) is 28.0 Å². The molecular weight excluding hydrogens is 250 g/mol. The minimum absolute atomic E-state index is 0.557. The molecule has 0 spiro atoms. The first kappa shape index (κ1) is 11.3. The molecule has 0 radical (unpaired) electrons. The molecule has 2 aromatic rings. The van der Waals surface area contributed by atoms with Crippen molar-refractivity contribution in [3.63, 3.8) is 0 Å². The van der Waals surface area contributed by atoms with Gasteiger partial charge in [-0.15, -0.1) is 0 Å². The molecule has 18 heavy (non-hydrogen) atoms. The Kier molecular flexibility index (Phi) is 2.79. The Morgan fingerprint density at radius 1 is 1.39 bits per heavy atom. The van der Waals surface area contributed by atoms with Gasteiger partial charge in [-0.1, -0.05) is 6.07 Å². The Labute approximate surface area is 109 Å². The van der Waals surface area contributed by atoms with Crippen LogP contribution in [0.15, 0.2) is 18.2 Å². The number of ether oxygens (including phenoxy) is 2. The van der Waals surface area contributed by atoms with Gasteiger partial charge < -0.3 is 14.0 Å². The van der Waals surface area contributed by atoms with Crippen LogP contribution in [0.2, 0.25) is 0 Å². The summed E-state index contributed by atoms with van der Waals surface area (Å²) in [5, 5.41) is 7.09. The number of aromatic amines is 1. The topological polar surface area (TPSA) is 52.1 Å². The molecular formula is C12H13N3O2S. The lowest BCUT2D eigenvalue weighted by atomic mass is 10.1. The minimum atomic E-state index is 0.557. The second-order valence-corrected chi connectivity index (χ2v) is 4.31. The zero-order valence-corrected chi connectivity index (χ0v) is 10.8. The molecule has 0 saturated heterocycles. The van der Waals surface area contributed by atoms with E-state index in [9.17, 15) is 0 Å². The van der Waals surface area contributed by atoms with Crippen LogP contribution in [0, 0.1) is 4.77 Å². The third-order valence-electron chi connectivity index (χ3n) is 2.88. The van der Waals surface area contributed by atoms with Crippen molar-refractivity contribution in [1.82, 2.24) is 14.8 Å². The van der Waals surface area contributed by atoms with E-state index in [0.717, 1.165) is 29.4 Å². The SMILES string of the molecule is CCn1c(-c2cccc3c2OCCO3)n[nH]c1=S. The largest absolute Gasteiger partial charge is 0.486 e. The van der Waals surface area contributed by atoms with E-state index < -0.39 is 0 Å². The summed E-state index contributed by atoms with van der Waals surface area (Å²) in [6.07, 6.45) is 0. The van der Waals surface area contributed by atoms with Crippen LogP contribution >= 0.6 is 12.2 Å². The lowest BCUT2D eigenvalue weighted by molar-refractivity contribution is 0.172. The molecule has 1 aliphatic heterocycles. The molecule has 0 fully saturated rings. The smallest absolute Gasteiger partial charge is 0.195 e. The summed E-state index contributed by atoms with van der Waals surface area (Å²) in [5.74, 6) is 2.28. The highest BCUT2D eigenvalue weighted by Gasteiger charge is 2.20. The van der Waals surface area contributed by atoms with Gasteiger partial charge in [0.2, 0.25) is 0 Å². The Morgan fingerprint density at radius 2 is 2.22 bits per heavy atom. The first-order chi connectivity index (χ1) is 8.81. The Bertz CT molecular complexity index is 632. The van der Waals surface area contributed by atoms with Crippen LogP contribution in [0.4, 0.5) is 0 Å². The summed E-state index contributed by atoms with van der Waals surface area (Å²) in [6, 6.07) is 5.79. The average Bonchev–Trinajstić information content (AvgIpc) is 2.79. The number of aromatic nitrogens is 3. The fourth-order valence-electron chi connectivity index (χ4n) is 2.07. The van der Waals surface area contributed by atoms with Crippen molar-refractivity contribution in [1.29, 1.82) is 0 Å². The maximum atomic E-state index is 5.69. The van der Waals surface area contributed by atoms with Gasteiger partial charge in [0, 0.05) is 6.54 Å². The molecule has 1 aromatic heterocycles. The van der Waals surface area contributed by atoms with Crippen molar-refractivity contribution in [3.8, 4) is 22.9 Å². The van der Waals surface area contributed by atoms with Crippen LogP contribution in [0.1, 0.15) is 6.92 Å². The molecule has 0 unspecified atom stereocenters. The molecule has 94 valence electrons. The molecule has 1 aromatic carbocycles. The highest BCUT2D eigenvalue weighted by atomic mass is 32.1. The summed E-state index contributed by atoms with van der Waals surface area (Å²) < 4.78 is 13.8. The zero-order chi connectivity index (χ0) is 12.5. The molecule has 0 bridgehead atoms. The van der Waals surface area contributed by atoms with E-state index in [1.807, 2.05) is 29.7 Å². The van der Waals surface area contributed by atoms with Gasteiger partial charge >= 0.3 is 0 Å². The summed E-state index contributed by atoms with van der Waals surface area (Å²) >= 11 is 5.20. The average molecular weight is 263 g/mol. The van der Waals surface area contributed by atoms with E-state index in [0.29, 0.717) is 18.0 Å². The summed E-state index contributed by atoms with van der Waals surface area (Å²) in [5.41, 5.74) is 0.904. The van der Waals surface area contributed by atoms with Crippen LogP contribution in [0.3, 0.4) is 0 Å². The predicted octanol–water partition coefficient (Wildman–Crippen LogP) is 2.40. The molecule has 5 nitrogen and oxygen atoms in total. The van der Waals surface area contributed by atoms with Gasteiger partial charge in [-0.3, -0.25) is 5.10 Å². The third-order valence-corrected chi connectivity index (χ3v) is 3.19. The number of para-hydroxylation sites is 1. The fourth-order valence-corrected chi connectivity index (χ4v) is 2.33. The van der Waals surface area contributed by atoms with Gasteiger partial charge in [0.15, 0.2) is 22.1 Å². The Balaban J connectivity index is 2.20. The van der Waals surface area contributed by atoms with E-state index in [1.54, 1.807) is 0 Å². The normalized spacial score (nSPS) is 13.6. The van der Waals surface area contributed by atoms with Crippen molar-refractivity contribution >= 4 is 12.2 Å². The molecule has 0 saturated carbocycles. The van der Waals surface area contributed by atoms with Crippen LogP contribution in [0.25, 0.3) is 11.4 Å². The lowest BCUT2D eigenvalue weighted by Crippen LogP contribution is -2.16. The van der Waals surface area contributed by atoms with Crippen molar-refractivity contribution in [2.75, 3.05) is 13.2 Å². The van der Waals surface area contributed by atoms with E-state index in [2.05, 4.69) is 10.2 Å². The quantitative estimate of drug-likeness (QED) is 0.845. The fraction of sp³-hybridized carbons (Fsp3) is 0.333. The number of nitrogens with zero attached hydrogens (tertiary/aromatic N) is 2. The van der Waals surface area contributed by atoms with E-state index in [4.69, 9.17) is 21.7 Å². The van der Waals surface area contributed by atoms with Crippen LogP contribution in [0.5, 0.6) is 11.5 Å². The summed E-state index contributed by atoms with van der Waals surface area (Å²) in [6.45, 7) is 3.93. The standard InChI is InChI=1S/C12H13N3O2S/c1-2-15-11(13-14-12(15)18)8-4-3-5-9-10(8)17-7-6-16-9/h3-5H,2,6-7H2,1H3,(H,14,18). The second-order valence-electron chi connectivity index (χ2n) is 3.93. The van der Waals surface area contributed by atoms with Gasteiger partial charge in [0.05, 0.1) is 5.56 Å². The highest BCUT2D eigenvalue weighted by Crippen LogP contribution is 2.38. The van der Waals surface area contributed by atoms with Gasteiger partial charge in [0.1, 0.15) is 13.2 Å². The van der Waals surface area contributed by atoms with Crippen LogP contribution in [-0.2, 0) is 6.54 Å². The predicted molar refractivity (Wildman–Crippen MR) is 69.5 cm³/mol. The molecule has 1 aliphatic rings. The number of rotatable bonds is 2. The first-order valence-corrected chi connectivity index (χ1v) is 6.26. The molecule has 0 aliphatic carbocycles. The molecule has 0 atom stereocenters. The molecule has 2 heterocycles. The number of hydrogen-bond acceptors (Lipinski definition) is 4. The lowest BCUT2D eigenvalue weighted by Gasteiger charge is -2.20. The van der Waals surface area contributed by atoms with E-state index >= 15 is 0 Å². The van der Waals surface area contributed by atoms with Crippen molar-refractivity contribution in [3.05, 3.63) is 23.0 Å². The number of benzene rings is 1. The monoisotopic (exact) mass is 263 g/mol. The second kappa shape index (κ2) is 4.45. The first-order valence-electron chi connectivity index (χ1n) is 5.85. The summed E-state index contributed by atoms with van der Waals surface area (Å²) in [7, 11) is 0. The number of fused-ring (bicyclic) bond motifs is 1. The van der Waals surface area contributed by atoms with Gasteiger partial charge in [-0.25, -0.2) is 0 Å². The molecule has 3 rings (SSSR count). The van der Waals surface area contributed by atoms with Crippen LogP contribution < -0.4 is 9.47 Å². The third kappa shape index (κ3) is 1.69. The van der Waals surface area contributed by atoms with Crippen molar-refractivity contribution in [2.24, 2.45) is 0 Å². The maximum absolute atomic E-state index is 5.69. The molecule has 0 amide bonds.